The summed E-state index contributed by atoms with van der Waals surface area (Å²) in [5, 5.41) is 3.58. The van der Waals surface area contributed by atoms with Gasteiger partial charge in [0, 0.05) is 28.8 Å². The first-order valence-electron chi connectivity index (χ1n) is 8.39. The van der Waals surface area contributed by atoms with Crippen molar-refractivity contribution in [3.8, 4) is 5.88 Å². The molecular weight excluding hydrogens is 360 g/mol. The van der Waals surface area contributed by atoms with Gasteiger partial charge in [0.05, 0.1) is 19.0 Å². The van der Waals surface area contributed by atoms with E-state index in [-0.39, 0.29) is 5.91 Å². The third-order valence-corrected chi connectivity index (χ3v) is 4.68. The van der Waals surface area contributed by atoms with Gasteiger partial charge in [0.25, 0.3) is 5.91 Å². The highest BCUT2D eigenvalue weighted by atomic mass is 32.2. The van der Waals surface area contributed by atoms with Crippen molar-refractivity contribution in [3.05, 3.63) is 71.2 Å². The first kappa shape index (κ1) is 18.8. The molecule has 0 fully saturated rings. The first-order valence-corrected chi connectivity index (χ1v) is 9.38. The fourth-order valence-corrected chi connectivity index (χ4v) is 3.49. The van der Waals surface area contributed by atoms with Crippen LogP contribution < -0.4 is 10.1 Å². The van der Waals surface area contributed by atoms with Gasteiger partial charge in [-0.3, -0.25) is 4.79 Å². The maximum Gasteiger partial charge on any atom is 0.256 e. The summed E-state index contributed by atoms with van der Waals surface area (Å²) in [6.45, 7) is 3.89. The molecule has 0 aliphatic heterocycles. The number of ether oxygens (including phenoxy) is 1. The summed E-state index contributed by atoms with van der Waals surface area (Å²) in [4.78, 5) is 25.7. The van der Waals surface area contributed by atoms with Crippen molar-refractivity contribution in [2.75, 3.05) is 12.4 Å². The number of hydrogen-bond acceptors (Lipinski definition) is 6. The number of rotatable bonds is 6. The summed E-state index contributed by atoms with van der Waals surface area (Å²) >= 11 is 1.51. The zero-order valence-corrected chi connectivity index (χ0v) is 16.2. The second-order valence-corrected chi connectivity index (χ2v) is 6.86. The highest BCUT2D eigenvalue weighted by molar-refractivity contribution is 7.98. The van der Waals surface area contributed by atoms with Crippen LogP contribution in [0.15, 0.2) is 53.8 Å². The Morgan fingerprint density at radius 1 is 1.11 bits per heavy atom. The van der Waals surface area contributed by atoms with Gasteiger partial charge < -0.3 is 10.1 Å². The number of nitrogens with zero attached hydrogens (tertiary/aromatic N) is 3. The Morgan fingerprint density at radius 3 is 2.52 bits per heavy atom. The lowest BCUT2D eigenvalue weighted by Crippen LogP contribution is -2.14. The van der Waals surface area contributed by atoms with Gasteiger partial charge in [-0.1, -0.05) is 30.0 Å². The monoisotopic (exact) mass is 380 g/mol. The van der Waals surface area contributed by atoms with Crippen LogP contribution in [0.5, 0.6) is 5.88 Å². The van der Waals surface area contributed by atoms with Crippen molar-refractivity contribution >= 4 is 23.4 Å². The number of pyridine rings is 1. The van der Waals surface area contributed by atoms with E-state index in [1.54, 1.807) is 25.4 Å². The predicted molar refractivity (Wildman–Crippen MR) is 106 cm³/mol. The summed E-state index contributed by atoms with van der Waals surface area (Å²) in [6, 6.07) is 12.9. The smallest absolute Gasteiger partial charge is 0.256 e. The largest absolute Gasteiger partial charge is 0.481 e. The number of amides is 1. The van der Waals surface area contributed by atoms with Gasteiger partial charge in [0.1, 0.15) is 0 Å². The van der Waals surface area contributed by atoms with Gasteiger partial charge in [-0.05, 0) is 37.6 Å². The van der Waals surface area contributed by atoms with E-state index in [1.807, 2.05) is 44.2 Å². The molecule has 0 unspecified atom stereocenters. The third kappa shape index (κ3) is 5.04. The van der Waals surface area contributed by atoms with E-state index in [1.165, 1.54) is 11.8 Å². The van der Waals surface area contributed by atoms with Gasteiger partial charge in [-0.25, -0.2) is 15.0 Å². The van der Waals surface area contributed by atoms with Crippen LogP contribution in [0.25, 0.3) is 0 Å². The van der Waals surface area contributed by atoms with E-state index < -0.39 is 0 Å². The minimum atomic E-state index is -0.181. The maximum absolute atomic E-state index is 12.7. The quantitative estimate of drug-likeness (QED) is 0.514. The van der Waals surface area contributed by atoms with Crippen LogP contribution in [-0.2, 0) is 5.75 Å². The van der Waals surface area contributed by atoms with Crippen molar-refractivity contribution < 1.29 is 9.53 Å². The summed E-state index contributed by atoms with van der Waals surface area (Å²) in [7, 11) is 1.55. The molecular formula is C20H20N4O2S. The summed E-state index contributed by atoms with van der Waals surface area (Å²) in [5.41, 5.74) is 4.02. The molecule has 2 heterocycles. The molecule has 0 aliphatic rings. The molecule has 138 valence electrons. The van der Waals surface area contributed by atoms with Gasteiger partial charge in [-0.15, -0.1) is 0 Å². The zero-order chi connectivity index (χ0) is 19.2. The van der Waals surface area contributed by atoms with E-state index in [0.29, 0.717) is 28.0 Å². The van der Waals surface area contributed by atoms with Crippen molar-refractivity contribution in [2.24, 2.45) is 0 Å². The van der Waals surface area contributed by atoms with Crippen molar-refractivity contribution in [1.82, 2.24) is 15.0 Å². The number of hydrogen-bond donors (Lipinski definition) is 1. The van der Waals surface area contributed by atoms with Crippen LogP contribution in [0, 0.1) is 13.8 Å². The van der Waals surface area contributed by atoms with Crippen LogP contribution in [-0.4, -0.2) is 28.0 Å². The number of aryl methyl sites for hydroxylation is 2. The van der Waals surface area contributed by atoms with Crippen LogP contribution >= 0.6 is 11.8 Å². The molecule has 0 saturated carbocycles. The molecule has 6 nitrogen and oxygen atoms in total. The number of aromatic nitrogens is 3. The summed E-state index contributed by atoms with van der Waals surface area (Å²) < 4.78 is 5.03. The minimum absolute atomic E-state index is 0.181. The number of anilines is 1. The van der Waals surface area contributed by atoms with E-state index in [2.05, 4.69) is 20.3 Å². The fraction of sp³-hybridized carbons (Fsp3) is 0.200. The number of methoxy groups -OCH3 is 1. The molecule has 3 rings (SSSR count). The first-order chi connectivity index (χ1) is 13.0. The van der Waals surface area contributed by atoms with E-state index >= 15 is 0 Å². The van der Waals surface area contributed by atoms with Gasteiger partial charge in [0.15, 0.2) is 5.16 Å². The topological polar surface area (TPSA) is 77.0 Å². The van der Waals surface area contributed by atoms with Gasteiger partial charge in [0.2, 0.25) is 5.88 Å². The fourth-order valence-electron chi connectivity index (χ4n) is 2.54. The number of carbonyl (C=O) groups is 1. The molecule has 0 saturated heterocycles. The van der Waals surface area contributed by atoms with Crippen LogP contribution in [0.3, 0.4) is 0 Å². The zero-order valence-electron chi connectivity index (χ0n) is 15.4. The predicted octanol–water partition coefficient (Wildman–Crippen LogP) is 4.04. The Balaban J connectivity index is 1.73. The van der Waals surface area contributed by atoms with Crippen LogP contribution in [0.4, 0.5) is 5.69 Å². The van der Waals surface area contributed by atoms with E-state index in [4.69, 9.17) is 4.74 Å². The maximum atomic E-state index is 12.7. The third-order valence-electron chi connectivity index (χ3n) is 3.78. The second-order valence-electron chi connectivity index (χ2n) is 5.92. The SMILES string of the molecule is COc1ccc(NC(=O)c2ccccc2CSc2nc(C)cc(C)n2)cn1. The number of nitrogens with one attached hydrogen (secondary N) is 1. The minimum Gasteiger partial charge on any atom is -0.481 e. The number of thioether (sulfide) groups is 1. The average molecular weight is 380 g/mol. The second kappa shape index (κ2) is 8.64. The molecule has 0 spiro atoms. The Kier molecular flexibility index (Phi) is 6.03. The summed E-state index contributed by atoms with van der Waals surface area (Å²) in [5.74, 6) is 0.922. The number of carbonyl (C=O) groups excluding carboxylic acids is 1. The molecule has 7 heteroatoms. The molecule has 0 radical (unpaired) electrons. The Hall–Kier alpha value is -2.93. The molecule has 3 aromatic rings. The molecule has 1 aromatic carbocycles. The molecule has 0 bridgehead atoms. The Morgan fingerprint density at radius 2 is 1.85 bits per heavy atom. The molecule has 0 aliphatic carbocycles. The van der Waals surface area contributed by atoms with Gasteiger partial charge in [-0.2, -0.15) is 0 Å². The lowest BCUT2D eigenvalue weighted by atomic mass is 10.1. The normalized spacial score (nSPS) is 10.5. The Bertz CT molecular complexity index is 925. The van der Waals surface area contributed by atoms with Crippen molar-refractivity contribution in [3.63, 3.8) is 0 Å². The lowest BCUT2D eigenvalue weighted by molar-refractivity contribution is 0.102. The molecule has 1 amide bonds. The van der Waals surface area contributed by atoms with E-state index in [9.17, 15) is 4.79 Å². The van der Waals surface area contributed by atoms with Crippen molar-refractivity contribution in [1.29, 1.82) is 0 Å². The highest BCUT2D eigenvalue weighted by Gasteiger charge is 2.12. The standard InChI is InChI=1S/C20H20N4O2S/c1-13-10-14(2)23-20(22-13)27-12-15-6-4-5-7-17(15)19(25)24-16-8-9-18(26-3)21-11-16/h4-11H,12H2,1-3H3,(H,24,25). The summed E-state index contributed by atoms with van der Waals surface area (Å²) in [6.07, 6.45) is 1.57. The van der Waals surface area contributed by atoms with Gasteiger partial charge >= 0.3 is 0 Å². The molecule has 1 N–H and O–H groups in total. The number of benzene rings is 1. The van der Waals surface area contributed by atoms with Crippen molar-refractivity contribution in [2.45, 2.75) is 24.8 Å². The Labute approximate surface area is 162 Å². The molecule has 0 atom stereocenters. The van der Waals surface area contributed by atoms with Crippen LogP contribution in [0.2, 0.25) is 0 Å². The molecule has 2 aromatic heterocycles. The molecule has 27 heavy (non-hydrogen) atoms. The average Bonchev–Trinajstić information content (AvgIpc) is 2.66. The highest BCUT2D eigenvalue weighted by Crippen LogP contribution is 2.23. The lowest BCUT2D eigenvalue weighted by Gasteiger charge is -2.10. The van der Waals surface area contributed by atoms with E-state index in [0.717, 1.165) is 17.0 Å². The van der Waals surface area contributed by atoms with Crippen LogP contribution in [0.1, 0.15) is 27.3 Å².